The van der Waals surface area contributed by atoms with Crippen LogP contribution >= 0.6 is 15.9 Å². The van der Waals surface area contributed by atoms with Gasteiger partial charge in [0.2, 0.25) is 0 Å². The van der Waals surface area contributed by atoms with Crippen molar-refractivity contribution in [3.05, 3.63) is 132 Å². The number of rotatable bonds is 3. The van der Waals surface area contributed by atoms with Gasteiger partial charge in [-0.25, -0.2) is 0 Å². The van der Waals surface area contributed by atoms with E-state index in [2.05, 4.69) is 15.9 Å². The van der Waals surface area contributed by atoms with Gasteiger partial charge in [0, 0.05) is 4.47 Å². The molecule has 0 saturated heterocycles. The lowest BCUT2D eigenvalue weighted by molar-refractivity contribution is 1.61. The first-order valence-electron chi connectivity index (χ1n) is 17.0. The van der Waals surface area contributed by atoms with Crippen molar-refractivity contribution < 1.29 is 19.2 Å². The Hall–Kier alpha value is -3.68. The third-order valence-electron chi connectivity index (χ3n) is 5.37. The monoisotopic (exact) mass is 498 g/mol. The van der Waals surface area contributed by atoms with Crippen molar-refractivity contribution in [2.45, 2.75) is 0 Å². The fourth-order valence-corrected chi connectivity index (χ4v) is 4.57. The first kappa shape index (κ1) is 10.1. The Kier molecular flexibility index (Phi) is 2.55. The molecule has 0 aliphatic carbocycles. The Morgan fingerprint density at radius 2 is 0.970 bits per heavy atom. The Morgan fingerprint density at radius 1 is 0.455 bits per heavy atom. The minimum atomic E-state index is -0.674. The van der Waals surface area contributed by atoms with Crippen LogP contribution in [0.5, 0.6) is 0 Å². The highest BCUT2D eigenvalue weighted by Gasteiger charge is 2.15. The van der Waals surface area contributed by atoms with Gasteiger partial charge in [0.15, 0.2) is 0 Å². The lowest BCUT2D eigenvalue weighted by atomic mass is 9.89. The predicted molar refractivity (Wildman–Crippen MR) is 145 cm³/mol. The molecule has 33 heavy (non-hydrogen) atoms. The second kappa shape index (κ2) is 8.35. The van der Waals surface area contributed by atoms with E-state index in [1.54, 1.807) is 36.4 Å². The van der Waals surface area contributed by atoms with Gasteiger partial charge < -0.3 is 0 Å². The van der Waals surface area contributed by atoms with E-state index < -0.39 is 95.7 Å². The molecule has 0 bridgehead atoms. The van der Waals surface area contributed by atoms with E-state index in [9.17, 15) is 0 Å². The fourth-order valence-electron chi connectivity index (χ4n) is 3.88. The summed E-state index contributed by atoms with van der Waals surface area (Å²) in [6.45, 7) is 0. The van der Waals surface area contributed by atoms with E-state index in [0.29, 0.717) is 26.0 Å². The molecule has 0 saturated carbocycles. The summed E-state index contributed by atoms with van der Waals surface area (Å²) in [4.78, 5) is 0. The minimum absolute atomic E-state index is 0.0516. The third kappa shape index (κ3) is 3.55. The van der Waals surface area contributed by atoms with Crippen molar-refractivity contribution in [3.63, 3.8) is 0 Å². The van der Waals surface area contributed by atoms with Crippen LogP contribution in [0.15, 0.2) is 132 Å². The van der Waals surface area contributed by atoms with Crippen LogP contribution < -0.4 is 0 Å². The normalized spacial score (nSPS) is 17.1. The van der Waals surface area contributed by atoms with Gasteiger partial charge in [-0.3, -0.25) is 0 Å². The Bertz CT molecular complexity index is 2280. The Labute approximate surface area is 222 Å². The average Bonchev–Trinajstić information content (AvgIpc) is 3.06. The molecule has 6 aromatic carbocycles. The molecule has 6 aromatic rings. The minimum Gasteiger partial charge on any atom is -0.0622 e. The predicted octanol–water partition coefficient (Wildman–Crippen LogP) is 9.76. The van der Waals surface area contributed by atoms with Gasteiger partial charge in [-0.1, -0.05) is 121 Å². The molecule has 0 aromatic heterocycles. The molecule has 0 aliphatic heterocycles. The van der Waals surface area contributed by atoms with E-state index >= 15 is 0 Å². The zero-order valence-electron chi connectivity index (χ0n) is 30.9. The number of hydrogen-bond donors (Lipinski definition) is 0. The van der Waals surface area contributed by atoms with E-state index in [-0.39, 0.29) is 22.3 Å². The zero-order valence-corrected chi connectivity index (χ0v) is 18.5. The molecule has 0 fully saturated rings. The van der Waals surface area contributed by atoms with Crippen molar-refractivity contribution >= 4 is 37.5 Å². The van der Waals surface area contributed by atoms with Crippen molar-refractivity contribution in [1.82, 2.24) is 0 Å². The quantitative estimate of drug-likeness (QED) is 0.213. The second-order valence-corrected chi connectivity index (χ2v) is 8.04. The molecule has 0 spiro atoms. The molecule has 0 atom stereocenters. The first-order chi connectivity index (χ1) is 22.1. The highest BCUT2D eigenvalue weighted by molar-refractivity contribution is 9.10. The SMILES string of the molecule is [2H]c1c([2H])c([2H])c(-c2ccc3c(Br)c4ccccc4c(-c4c([2H])c([2H])c(-c5c([2H])c([2H])c([2H])c([2H])c5[2H])c([2H])c4[2H])c3c2)c([2H])c1[2H]. The van der Waals surface area contributed by atoms with Crippen molar-refractivity contribution in [1.29, 1.82) is 0 Å². The van der Waals surface area contributed by atoms with Crippen LogP contribution in [-0.4, -0.2) is 0 Å². The topological polar surface area (TPSA) is 0 Å². The number of halogens is 1. The summed E-state index contributed by atoms with van der Waals surface area (Å²) in [5.74, 6) is 0. The van der Waals surface area contributed by atoms with Gasteiger partial charge in [0.1, 0.15) is 0 Å². The molecular weight excluding hydrogens is 464 g/mol. The standard InChI is InChI=1S/C32H21Br/c33-32-28-14-8-7-13-27(28)31(25-17-15-24(16-18-25)22-9-3-1-4-10-22)30-21-26(19-20-29(30)32)23-11-5-2-6-12-23/h1-21H/i1D,2D,3D,4D,5D,6D,9D,10D,11D,12D,15D,16D,17D,18D. The van der Waals surface area contributed by atoms with Crippen LogP contribution in [0.2, 0.25) is 0 Å². The fraction of sp³-hybridized carbons (Fsp3) is 0. The first-order valence-corrected chi connectivity index (χ1v) is 10.8. The molecule has 1 heteroatoms. The summed E-state index contributed by atoms with van der Waals surface area (Å²) in [6, 6.07) is 3.99. The smallest absolute Gasteiger partial charge is 0.0622 e. The van der Waals surface area contributed by atoms with Crippen LogP contribution in [0.1, 0.15) is 19.2 Å². The maximum Gasteiger partial charge on any atom is 0.0629 e. The molecule has 0 nitrogen and oxygen atoms in total. The van der Waals surface area contributed by atoms with E-state index in [1.165, 1.54) is 0 Å². The van der Waals surface area contributed by atoms with Crippen molar-refractivity contribution in [2.24, 2.45) is 0 Å². The molecule has 0 amide bonds. The highest BCUT2D eigenvalue weighted by atomic mass is 79.9. The van der Waals surface area contributed by atoms with Gasteiger partial charge >= 0.3 is 0 Å². The van der Waals surface area contributed by atoms with E-state index in [0.717, 1.165) is 0 Å². The summed E-state index contributed by atoms with van der Waals surface area (Å²) in [5, 5.41) is 2.19. The van der Waals surface area contributed by atoms with Gasteiger partial charge in [-0.2, -0.15) is 0 Å². The molecule has 0 aliphatic rings. The summed E-state index contributed by atoms with van der Waals surface area (Å²) in [6.07, 6.45) is 0. The van der Waals surface area contributed by atoms with Gasteiger partial charge in [0.25, 0.3) is 0 Å². The number of fused-ring (bicyclic) bond motifs is 2. The molecule has 0 N–H and O–H groups in total. The van der Waals surface area contributed by atoms with Gasteiger partial charge in [-0.15, -0.1) is 0 Å². The van der Waals surface area contributed by atoms with Crippen LogP contribution in [0.3, 0.4) is 0 Å². The molecule has 156 valence electrons. The summed E-state index contributed by atoms with van der Waals surface area (Å²) < 4.78 is 119. The Morgan fingerprint density at radius 3 is 1.64 bits per heavy atom. The van der Waals surface area contributed by atoms with Crippen LogP contribution in [0.25, 0.3) is 54.9 Å². The summed E-state index contributed by atoms with van der Waals surface area (Å²) in [7, 11) is 0. The zero-order chi connectivity index (χ0) is 34.4. The largest absolute Gasteiger partial charge is 0.0629 e. The molecule has 6 rings (SSSR count). The van der Waals surface area contributed by atoms with E-state index in [4.69, 9.17) is 19.2 Å². The van der Waals surface area contributed by atoms with Crippen LogP contribution in [0, 0.1) is 0 Å². The molecule has 0 unspecified atom stereocenters. The average molecular weight is 500 g/mol. The second-order valence-electron chi connectivity index (χ2n) is 7.24. The van der Waals surface area contributed by atoms with E-state index in [1.807, 2.05) is 6.07 Å². The van der Waals surface area contributed by atoms with Crippen molar-refractivity contribution in [3.8, 4) is 33.4 Å². The molecule has 0 radical (unpaired) electrons. The third-order valence-corrected chi connectivity index (χ3v) is 6.23. The van der Waals surface area contributed by atoms with Gasteiger partial charge in [0.05, 0.1) is 19.2 Å². The molecule has 0 heterocycles. The van der Waals surface area contributed by atoms with Crippen molar-refractivity contribution in [2.75, 3.05) is 0 Å². The van der Waals surface area contributed by atoms with Crippen LogP contribution in [0.4, 0.5) is 0 Å². The van der Waals surface area contributed by atoms with Gasteiger partial charge in [-0.05, 0) is 76.9 Å². The Balaban J connectivity index is 1.77. The summed E-state index contributed by atoms with van der Waals surface area (Å²) >= 11 is 3.66. The molecular formula is C32H21Br. The maximum atomic E-state index is 9.13. The van der Waals surface area contributed by atoms with Crippen LogP contribution in [-0.2, 0) is 0 Å². The lowest BCUT2D eigenvalue weighted by Gasteiger charge is -2.16. The maximum absolute atomic E-state index is 9.13. The lowest BCUT2D eigenvalue weighted by Crippen LogP contribution is -1.89. The number of benzene rings is 6. The summed E-state index contributed by atoms with van der Waals surface area (Å²) in [5.41, 5.74) is -0.520. The number of hydrogen-bond acceptors (Lipinski definition) is 0. The highest BCUT2D eigenvalue weighted by Crippen LogP contribution is 2.43.